The van der Waals surface area contributed by atoms with Gasteiger partial charge in [0.25, 0.3) is 0 Å². The number of aromatic nitrogens is 5. The summed E-state index contributed by atoms with van der Waals surface area (Å²) in [5.74, 6) is 2.58. The highest BCUT2D eigenvalue weighted by molar-refractivity contribution is 7.99. The first kappa shape index (κ1) is 33.7. The molecule has 0 radical (unpaired) electrons. The summed E-state index contributed by atoms with van der Waals surface area (Å²) in [6.45, 7) is 0. The lowest BCUT2D eigenvalue weighted by atomic mass is 10.0. The minimum absolute atomic E-state index is 0.626. The van der Waals surface area contributed by atoms with Crippen molar-refractivity contribution >= 4 is 43.3 Å². The van der Waals surface area contributed by atoms with Crippen LogP contribution in [0.15, 0.2) is 198 Å². The van der Waals surface area contributed by atoms with E-state index in [2.05, 4.69) is 121 Å². The van der Waals surface area contributed by atoms with Gasteiger partial charge in [0.2, 0.25) is 0 Å². The predicted octanol–water partition coefficient (Wildman–Crippen LogP) is 13.2. The maximum Gasteiger partial charge on any atom is 0.164 e. The van der Waals surface area contributed by atoms with E-state index in [1.54, 1.807) is 23.1 Å². The van der Waals surface area contributed by atoms with Crippen LogP contribution >= 0.6 is 23.1 Å². The van der Waals surface area contributed by atoms with E-state index in [0.717, 1.165) is 74.6 Å². The van der Waals surface area contributed by atoms with Gasteiger partial charge in [0.15, 0.2) is 23.3 Å². The van der Waals surface area contributed by atoms with Crippen molar-refractivity contribution in [3.63, 3.8) is 0 Å². The molecule has 0 atom stereocenters. The standard InChI is InChI=1S/C49H31N5S2/c1-5-16-32(17-6-1)35-22-13-23-36(30-35)48-52-47(34-20-9-3-10-21-34)53-49(54-48)39-27-15-29-41-43(39)38-26-14-28-40(45(38)56-41)44-42(55-37-24-11-4-12-25-37)31-50-46(51-44)33-18-7-2-8-19-33/h1-31H. The topological polar surface area (TPSA) is 64.5 Å². The summed E-state index contributed by atoms with van der Waals surface area (Å²) in [5, 5.41) is 2.24. The molecule has 264 valence electrons. The molecular formula is C49H31N5S2. The van der Waals surface area contributed by atoms with Gasteiger partial charge >= 0.3 is 0 Å². The van der Waals surface area contributed by atoms with E-state index in [0.29, 0.717) is 23.3 Å². The van der Waals surface area contributed by atoms with Crippen LogP contribution < -0.4 is 0 Å². The molecular weight excluding hydrogens is 723 g/mol. The van der Waals surface area contributed by atoms with E-state index >= 15 is 0 Å². The molecule has 0 N–H and O–H groups in total. The summed E-state index contributed by atoms with van der Waals surface area (Å²) < 4.78 is 2.30. The third-order valence-electron chi connectivity index (χ3n) is 9.67. The number of nitrogens with zero attached hydrogens (tertiary/aromatic N) is 5. The van der Waals surface area contributed by atoms with Crippen LogP contribution in [0.5, 0.6) is 0 Å². The van der Waals surface area contributed by atoms with Gasteiger partial charge < -0.3 is 0 Å². The Bertz CT molecular complexity index is 2990. The van der Waals surface area contributed by atoms with Crippen LogP contribution in [0.2, 0.25) is 0 Å². The van der Waals surface area contributed by atoms with Crippen LogP contribution in [0.25, 0.3) is 88.1 Å². The first-order valence-corrected chi connectivity index (χ1v) is 20.0. The van der Waals surface area contributed by atoms with E-state index in [1.165, 1.54) is 0 Å². The molecule has 0 unspecified atom stereocenters. The number of benzene rings is 7. The monoisotopic (exact) mass is 753 g/mol. The van der Waals surface area contributed by atoms with Crippen LogP contribution in [-0.2, 0) is 0 Å². The molecule has 0 fully saturated rings. The third-order valence-corrected chi connectivity index (χ3v) is 11.9. The molecule has 0 aliphatic rings. The van der Waals surface area contributed by atoms with E-state index in [1.807, 2.05) is 66.9 Å². The zero-order valence-corrected chi connectivity index (χ0v) is 31.6. The van der Waals surface area contributed by atoms with Gasteiger partial charge in [0.05, 0.1) is 10.6 Å². The average Bonchev–Trinajstić information content (AvgIpc) is 3.67. The van der Waals surface area contributed by atoms with Crippen LogP contribution in [0.3, 0.4) is 0 Å². The van der Waals surface area contributed by atoms with Crippen LogP contribution in [-0.4, -0.2) is 24.9 Å². The van der Waals surface area contributed by atoms with Gasteiger partial charge in [-0.1, -0.05) is 169 Å². The lowest BCUT2D eigenvalue weighted by Gasteiger charge is -2.12. The van der Waals surface area contributed by atoms with E-state index in [9.17, 15) is 0 Å². The molecule has 3 heterocycles. The predicted molar refractivity (Wildman–Crippen MR) is 231 cm³/mol. The van der Waals surface area contributed by atoms with Crippen molar-refractivity contribution in [3.05, 3.63) is 188 Å². The molecule has 0 saturated carbocycles. The number of rotatable bonds is 8. The van der Waals surface area contributed by atoms with Gasteiger partial charge in [-0.15, -0.1) is 11.3 Å². The van der Waals surface area contributed by atoms with Gasteiger partial charge in [-0.2, -0.15) is 0 Å². The Morgan fingerprint density at radius 3 is 1.70 bits per heavy atom. The van der Waals surface area contributed by atoms with Crippen molar-refractivity contribution in [1.82, 2.24) is 24.9 Å². The second kappa shape index (κ2) is 14.8. The third kappa shape index (κ3) is 6.53. The highest BCUT2D eigenvalue weighted by Crippen LogP contribution is 2.46. The number of fused-ring (bicyclic) bond motifs is 3. The molecule has 0 aliphatic heterocycles. The molecule has 0 bridgehead atoms. The van der Waals surface area contributed by atoms with Crippen molar-refractivity contribution in [3.8, 4) is 67.9 Å². The Morgan fingerprint density at radius 1 is 0.411 bits per heavy atom. The van der Waals surface area contributed by atoms with Crippen molar-refractivity contribution < 1.29 is 0 Å². The first-order chi connectivity index (χ1) is 27.7. The molecule has 10 aromatic rings. The number of hydrogen-bond donors (Lipinski definition) is 0. The lowest BCUT2D eigenvalue weighted by molar-refractivity contribution is 1.08. The Kier molecular flexibility index (Phi) is 8.91. The molecule has 7 aromatic carbocycles. The zero-order chi connectivity index (χ0) is 37.3. The highest BCUT2D eigenvalue weighted by atomic mass is 32.2. The number of thiophene rings is 1. The van der Waals surface area contributed by atoms with Crippen molar-refractivity contribution in [2.24, 2.45) is 0 Å². The zero-order valence-electron chi connectivity index (χ0n) is 30.0. The summed E-state index contributed by atoms with van der Waals surface area (Å²) in [7, 11) is 0. The molecule has 5 nitrogen and oxygen atoms in total. The maximum absolute atomic E-state index is 5.27. The average molecular weight is 754 g/mol. The minimum Gasteiger partial charge on any atom is -0.235 e. The molecule has 7 heteroatoms. The molecule has 0 aliphatic carbocycles. The second-order valence-corrected chi connectivity index (χ2v) is 15.4. The minimum atomic E-state index is 0.626. The fourth-order valence-electron chi connectivity index (χ4n) is 7.01. The van der Waals surface area contributed by atoms with E-state index < -0.39 is 0 Å². The molecule has 56 heavy (non-hydrogen) atoms. The van der Waals surface area contributed by atoms with Gasteiger partial charge in [-0.05, 0) is 35.4 Å². The summed E-state index contributed by atoms with van der Waals surface area (Å²) in [4.78, 5) is 27.7. The first-order valence-electron chi connectivity index (χ1n) is 18.3. The Labute approximate surface area is 332 Å². The van der Waals surface area contributed by atoms with E-state index in [-0.39, 0.29) is 0 Å². The van der Waals surface area contributed by atoms with Crippen molar-refractivity contribution in [2.75, 3.05) is 0 Å². The summed E-state index contributed by atoms with van der Waals surface area (Å²) >= 11 is 3.45. The van der Waals surface area contributed by atoms with Crippen LogP contribution in [0, 0.1) is 0 Å². The SMILES string of the molecule is c1ccc(Sc2cnc(-c3ccccc3)nc2-c2cccc3c2sc2cccc(-c4nc(-c5ccccc5)nc(-c5cccc(-c6ccccc6)c5)n4)c23)cc1. The van der Waals surface area contributed by atoms with Crippen LogP contribution in [0.1, 0.15) is 0 Å². The molecule has 0 amide bonds. The largest absolute Gasteiger partial charge is 0.235 e. The van der Waals surface area contributed by atoms with Gasteiger partial charge in [-0.3, -0.25) is 0 Å². The molecule has 10 rings (SSSR count). The summed E-state index contributed by atoms with van der Waals surface area (Å²) in [6, 6.07) is 62.5. The smallest absolute Gasteiger partial charge is 0.164 e. The Balaban J connectivity index is 1.16. The summed E-state index contributed by atoms with van der Waals surface area (Å²) in [5.41, 5.74) is 8.01. The van der Waals surface area contributed by atoms with Gasteiger partial charge in [-0.25, -0.2) is 24.9 Å². The van der Waals surface area contributed by atoms with Crippen molar-refractivity contribution in [1.29, 1.82) is 0 Å². The second-order valence-electron chi connectivity index (χ2n) is 13.3. The Morgan fingerprint density at radius 2 is 0.964 bits per heavy atom. The Hall–Kier alpha value is -6.80. The van der Waals surface area contributed by atoms with Gasteiger partial charge in [0, 0.05) is 59.1 Å². The highest BCUT2D eigenvalue weighted by Gasteiger charge is 2.21. The fraction of sp³-hybridized carbons (Fsp3) is 0. The fourth-order valence-corrected chi connectivity index (χ4v) is 9.16. The maximum atomic E-state index is 5.27. The van der Waals surface area contributed by atoms with Gasteiger partial charge in [0.1, 0.15) is 0 Å². The normalized spacial score (nSPS) is 11.3. The van der Waals surface area contributed by atoms with E-state index in [4.69, 9.17) is 24.9 Å². The quantitative estimate of drug-likeness (QED) is 0.154. The summed E-state index contributed by atoms with van der Waals surface area (Å²) in [6.07, 6.45) is 1.96. The molecule has 0 spiro atoms. The number of hydrogen-bond acceptors (Lipinski definition) is 7. The van der Waals surface area contributed by atoms with Crippen molar-refractivity contribution in [2.45, 2.75) is 9.79 Å². The molecule has 0 saturated heterocycles. The van der Waals surface area contributed by atoms with Crippen LogP contribution in [0.4, 0.5) is 0 Å². The molecule has 3 aromatic heterocycles. The lowest BCUT2D eigenvalue weighted by Crippen LogP contribution is -2.00.